The van der Waals surface area contributed by atoms with Gasteiger partial charge >= 0.3 is 0 Å². The number of aliphatic imine (C=N–C) groups is 1. The molecule has 5 nitrogen and oxygen atoms in total. The van der Waals surface area contributed by atoms with Crippen molar-refractivity contribution < 1.29 is 0 Å². The topological polar surface area (TPSA) is 42.9 Å². The van der Waals surface area contributed by atoms with Gasteiger partial charge in [-0.15, -0.1) is 0 Å². The third kappa shape index (κ3) is 5.22. The lowest BCUT2D eigenvalue weighted by atomic mass is 10.2. The first-order chi connectivity index (χ1) is 10.7. The summed E-state index contributed by atoms with van der Waals surface area (Å²) in [6.45, 7) is 4.17. The van der Waals surface area contributed by atoms with Gasteiger partial charge in [0, 0.05) is 38.4 Å². The average molecular weight is 303 g/mol. The summed E-state index contributed by atoms with van der Waals surface area (Å²) in [5, 5.41) is 6.94. The number of anilines is 1. The lowest BCUT2D eigenvalue weighted by molar-refractivity contribution is 0.399. The van der Waals surface area contributed by atoms with Crippen LogP contribution in [-0.4, -0.2) is 64.2 Å². The van der Waals surface area contributed by atoms with Crippen molar-refractivity contribution in [2.75, 3.05) is 52.2 Å². The second-order valence-electron chi connectivity index (χ2n) is 6.07. The molecule has 0 spiro atoms. The zero-order chi connectivity index (χ0) is 15.8. The van der Waals surface area contributed by atoms with E-state index in [1.807, 2.05) is 7.05 Å². The van der Waals surface area contributed by atoms with Gasteiger partial charge < -0.3 is 20.4 Å². The molecule has 0 aliphatic carbocycles. The Bertz CT molecular complexity index is 457. The van der Waals surface area contributed by atoms with Gasteiger partial charge in [-0.3, -0.25) is 4.99 Å². The highest BCUT2D eigenvalue weighted by Gasteiger charge is 2.23. The molecule has 1 heterocycles. The molecule has 0 saturated carbocycles. The number of para-hydroxylation sites is 1. The van der Waals surface area contributed by atoms with E-state index in [9.17, 15) is 0 Å². The first-order valence-electron chi connectivity index (χ1n) is 8.11. The van der Waals surface area contributed by atoms with E-state index in [4.69, 9.17) is 0 Å². The summed E-state index contributed by atoms with van der Waals surface area (Å²) in [7, 11) is 6.04. The van der Waals surface area contributed by atoms with E-state index in [-0.39, 0.29) is 0 Å². The van der Waals surface area contributed by atoms with Crippen molar-refractivity contribution in [2.24, 2.45) is 4.99 Å². The average Bonchev–Trinajstić information content (AvgIpc) is 2.99. The van der Waals surface area contributed by atoms with Gasteiger partial charge in [0.25, 0.3) is 0 Å². The largest absolute Gasteiger partial charge is 0.369 e. The van der Waals surface area contributed by atoms with E-state index in [2.05, 4.69) is 69.9 Å². The van der Waals surface area contributed by atoms with Crippen molar-refractivity contribution in [3.8, 4) is 0 Å². The van der Waals surface area contributed by atoms with E-state index in [1.165, 1.54) is 5.69 Å². The summed E-state index contributed by atoms with van der Waals surface area (Å²) in [5.41, 5.74) is 1.31. The summed E-state index contributed by atoms with van der Waals surface area (Å²) in [6, 6.07) is 11.1. The first kappa shape index (κ1) is 16.6. The molecular formula is C17H29N5. The van der Waals surface area contributed by atoms with Gasteiger partial charge in [-0.1, -0.05) is 18.2 Å². The van der Waals surface area contributed by atoms with E-state index >= 15 is 0 Å². The predicted molar refractivity (Wildman–Crippen MR) is 94.7 cm³/mol. The molecule has 0 bridgehead atoms. The maximum Gasteiger partial charge on any atom is 0.191 e. The van der Waals surface area contributed by atoms with Crippen molar-refractivity contribution in [1.82, 2.24) is 15.5 Å². The minimum Gasteiger partial charge on any atom is -0.369 e. The van der Waals surface area contributed by atoms with Gasteiger partial charge in [-0.25, -0.2) is 0 Å². The Morgan fingerprint density at radius 1 is 1.32 bits per heavy atom. The molecule has 1 unspecified atom stereocenters. The van der Waals surface area contributed by atoms with Gasteiger partial charge in [0.05, 0.1) is 0 Å². The second kappa shape index (κ2) is 8.63. The Morgan fingerprint density at radius 3 is 2.77 bits per heavy atom. The summed E-state index contributed by atoms with van der Waals surface area (Å²) in [6.07, 6.45) is 2.27. The van der Waals surface area contributed by atoms with Crippen LogP contribution in [-0.2, 0) is 0 Å². The maximum absolute atomic E-state index is 4.33. The van der Waals surface area contributed by atoms with Crippen LogP contribution in [0.2, 0.25) is 0 Å². The Labute approximate surface area is 134 Å². The van der Waals surface area contributed by atoms with Crippen LogP contribution < -0.4 is 15.5 Å². The summed E-state index contributed by atoms with van der Waals surface area (Å²) in [4.78, 5) is 8.96. The smallest absolute Gasteiger partial charge is 0.191 e. The molecule has 1 saturated heterocycles. The molecule has 1 atom stereocenters. The van der Waals surface area contributed by atoms with E-state index in [0.29, 0.717) is 6.04 Å². The molecule has 1 aromatic rings. The molecule has 1 aliphatic rings. The molecule has 122 valence electrons. The number of nitrogens with zero attached hydrogens (tertiary/aromatic N) is 3. The van der Waals surface area contributed by atoms with E-state index in [0.717, 1.165) is 45.0 Å². The molecule has 0 aromatic heterocycles. The predicted octanol–water partition coefficient (Wildman–Crippen LogP) is 1.38. The monoisotopic (exact) mass is 303 g/mol. The summed E-state index contributed by atoms with van der Waals surface area (Å²) >= 11 is 0. The fraction of sp³-hybridized carbons (Fsp3) is 0.588. The van der Waals surface area contributed by atoms with Crippen LogP contribution >= 0.6 is 0 Å². The lowest BCUT2D eigenvalue weighted by Gasteiger charge is -2.20. The third-order valence-corrected chi connectivity index (χ3v) is 3.95. The van der Waals surface area contributed by atoms with E-state index in [1.54, 1.807) is 0 Å². The molecule has 1 aromatic carbocycles. The zero-order valence-electron chi connectivity index (χ0n) is 14.0. The lowest BCUT2D eigenvalue weighted by Crippen LogP contribution is -2.45. The Hall–Kier alpha value is -1.75. The highest BCUT2D eigenvalue weighted by molar-refractivity contribution is 5.80. The van der Waals surface area contributed by atoms with Crippen LogP contribution in [0.5, 0.6) is 0 Å². The van der Waals surface area contributed by atoms with Gasteiger partial charge in [0.1, 0.15) is 0 Å². The number of hydrogen-bond donors (Lipinski definition) is 2. The van der Waals surface area contributed by atoms with Gasteiger partial charge in [0.2, 0.25) is 0 Å². The highest BCUT2D eigenvalue weighted by Crippen LogP contribution is 2.19. The van der Waals surface area contributed by atoms with Gasteiger partial charge in [0.15, 0.2) is 5.96 Å². The second-order valence-corrected chi connectivity index (χ2v) is 6.07. The SMILES string of the molecule is CN=C(NCCCN(C)C)NC1CCN(c2ccccc2)C1. The number of benzene rings is 1. The summed E-state index contributed by atoms with van der Waals surface area (Å²) < 4.78 is 0. The minimum absolute atomic E-state index is 0.459. The molecule has 5 heteroatoms. The molecule has 1 aliphatic heterocycles. The number of rotatable bonds is 6. The molecule has 2 N–H and O–H groups in total. The van der Waals surface area contributed by atoms with Crippen molar-refractivity contribution in [2.45, 2.75) is 18.9 Å². The van der Waals surface area contributed by atoms with Crippen LogP contribution in [0.25, 0.3) is 0 Å². The number of hydrogen-bond acceptors (Lipinski definition) is 3. The normalized spacial score (nSPS) is 18.8. The minimum atomic E-state index is 0.459. The Balaban J connectivity index is 1.74. The van der Waals surface area contributed by atoms with Crippen molar-refractivity contribution in [3.63, 3.8) is 0 Å². The molecule has 0 radical (unpaired) electrons. The first-order valence-corrected chi connectivity index (χ1v) is 8.11. The van der Waals surface area contributed by atoms with Gasteiger partial charge in [-0.2, -0.15) is 0 Å². The number of guanidine groups is 1. The molecule has 22 heavy (non-hydrogen) atoms. The van der Waals surface area contributed by atoms with E-state index < -0.39 is 0 Å². The maximum atomic E-state index is 4.33. The van der Waals surface area contributed by atoms with Crippen molar-refractivity contribution in [3.05, 3.63) is 30.3 Å². The zero-order valence-corrected chi connectivity index (χ0v) is 14.0. The third-order valence-electron chi connectivity index (χ3n) is 3.95. The highest BCUT2D eigenvalue weighted by atomic mass is 15.2. The molecule has 0 amide bonds. The van der Waals surface area contributed by atoms with Gasteiger partial charge in [-0.05, 0) is 45.6 Å². The fourth-order valence-electron chi connectivity index (χ4n) is 2.74. The van der Waals surface area contributed by atoms with Crippen LogP contribution in [0.15, 0.2) is 35.3 Å². The molecular weight excluding hydrogens is 274 g/mol. The number of nitrogens with one attached hydrogen (secondary N) is 2. The van der Waals surface area contributed by atoms with Crippen LogP contribution in [0.3, 0.4) is 0 Å². The van der Waals surface area contributed by atoms with Crippen molar-refractivity contribution in [1.29, 1.82) is 0 Å². The molecule has 1 fully saturated rings. The van der Waals surface area contributed by atoms with Crippen LogP contribution in [0.4, 0.5) is 5.69 Å². The summed E-state index contributed by atoms with van der Waals surface area (Å²) in [5.74, 6) is 0.915. The van der Waals surface area contributed by atoms with Crippen molar-refractivity contribution >= 4 is 11.6 Å². The quantitative estimate of drug-likeness (QED) is 0.473. The Morgan fingerprint density at radius 2 is 2.09 bits per heavy atom. The Kier molecular flexibility index (Phi) is 6.52. The standard InChI is InChI=1S/C17H29N5/c1-18-17(19-11-7-12-21(2)3)20-15-10-13-22(14-15)16-8-5-4-6-9-16/h4-6,8-9,15H,7,10-14H2,1-3H3,(H2,18,19,20). The fourth-order valence-corrected chi connectivity index (χ4v) is 2.74. The van der Waals surface area contributed by atoms with Crippen LogP contribution in [0.1, 0.15) is 12.8 Å². The molecule has 2 rings (SSSR count). The van der Waals surface area contributed by atoms with Crippen LogP contribution in [0, 0.1) is 0 Å².